The summed E-state index contributed by atoms with van der Waals surface area (Å²) in [6.45, 7) is 10.4. The molecule has 1 aliphatic rings. The quantitative estimate of drug-likeness (QED) is 0.244. The van der Waals surface area contributed by atoms with Crippen LogP contribution in [0.2, 0.25) is 0 Å². The molecule has 8 nitrogen and oxygen atoms in total. The number of piperidine rings is 1. The first-order valence-corrected chi connectivity index (χ1v) is 11.6. The fourth-order valence-corrected chi connectivity index (χ4v) is 3.65. The average molecular weight is 569 g/mol. The van der Waals surface area contributed by atoms with Crippen molar-refractivity contribution in [3.05, 3.63) is 41.9 Å². The molecule has 0 atom stereocenters. The molecule has 1 aromatic heterocycles. The van der Waals surface area contributed by atoms with Gasteiger partial charge in [-0.25, -0.2) is 9.98 Å². The molecule has 2 heterocycles. The third-order valence-corrected chi connectivity index (χ3v) is 5.47. The Balaban J connectivity index is 0.00000385. The number of hydrogen-bond donors (Lipinski definition) is 3. The first-order chi connectivity index (χ1) is 15.6. The van der Waals surface area contributed by atoms with E-state index in [2.05, 4.69) is 63.7 Å². The van der Waals surface area contributed by atoms with Crippen LogP contribution in [0.15, 0.2) is 39.9 Å². The molecule has 1 saturated heterocycles. The van der Waals surface area contributed by atoms with Crippen LogP contribution in [0.4, 0.5) is 0 Å². The van der Waals surface area contributed by atoms with E-state index in [1.807, 2.05) is 12.1 Å². The number of likely N-dealkylation sites (tertiary alicyclic amines) is 1. The first-order valence-electron chi connectivity index (χ1n) is 11.6. The van der Waals surface area contributed by atoms with E-state index in [4.69, 9.17) is 4.42 Å². The van der Waals surface area contributed by atoms with Gasteiger partial charge in [0.15, 0.2) is 11.7 Å². The average Bonchev–Trinajstić information content (AvgIpc) is 3.27. The van der Waals surface area contributed by atoms with Gasteiger partial charge in [0, 0.05) is 37.8 Å². The van der Waals surface area contributed by atoms with Gasteiger partial charge in [0.2, 0.25) is 11.8 Å². The largest absolute Gasteiger partial charge is 0.439 e. The predicted octanol–water partition coefficient (Wildman–Crippen LogP) is 3.31. The van der Waals surface area contributed by atoms with Crippen molar-refractivity contribution in [3.8, 4) is 11.3 Å². The van der Waals surface area contributed by atoms with Crippen molar-refractivity contribution in [3.63, 3.8) is 0 Å². The van der Waals surface area contributed by atoms with E-state index in [9.17, 15) is 4.79 Å². The van der Waals surface area contributed by atoms with Crippen LogP contribution in [-0.2, 0) is 11.3 Å². The highest BCUT2D eigenvalue weighted by atomic mass is 127. The monoisotopic (exact) mass is 568 g/mol. The lowest BCUT2D eigenvalue weighted by Crippen LogP contribution is -2.50. The van der Waals surface area contributed by atoms with Crippen LogP contribution in [0.3, 0.4) is 0 Å². The van der Waals surface area contributed by atoms with E-state index in [1.165, 1.54) is 5.56 Å². The standard InChI is InChI=1S/C24H36N6O2.HI/c1-4-12-26-22(31)17-30-13-10-20(11-14-30)29-24(25-5-2)28-16-23-27-15-21(32-23)19-8-6-18(3)7-9-19;/h6-9,15,20H,4-5,10-14,16-17H2,1-3H3,(H,26,31)(H2,25,28,29);1H. The molecule has 0 bridgehead atoms. The maximum atomic E-state index is 11.9. The van der Waals surface area contributed by atoms with E-state index in [0.717, 1.165) is 62.7 Å². The van der Waals surface area contributed by atoms with Crippen LogP contribution in [-0.4, -0.2) is 60.5 Å². The molecule has 182 valence electrons. The Kier molecular flexibility index (Phi) is 11.7. The molecular weight excluding hydrogens is 531 g/mol. The molecule has 1 aliphatic heterocycles. The molecule has 3 N–H and O–H groups in total. The van der Waals surface area contributed by atoms with E-state index in [0.29, 0.717) is 25.0 Å². The first kappa shape index (κ1) is 27.1. The van der Waals surface area contributed by atoms with Gasteiger partial charge in [-0.05, 0) is 33.1 Å². The van der Waals surface area contributed by atoms with Gasteiger partial charge >= 0.3 is 0 Å². The molecule has 0 aliphatic carbocycles. The number of aromatic nitrogens is 1. The second-order valence-electron chi connectivity index (χ2n) is 8.22. The molecule has 2 aromatic rings. The molecule has 1 amide bonds. The Morgan fingerprint density at radius 2 is 1.91 bits per heavy atom. The maximum absolute atomic E-state index is 11.9. The summed E-state index contributed by atoms with van der Waals surface area (Å²) in [6.07, 6.45) is 4.66. The van der Waals surface area contributed by atoms with E-state index in [1.54, 1.807) is 6.20 Å². The summed E-state index contributed by atoms with van der Waals surface area (Å²) < 4.78 is 5.89. The second-order valence-corrected chi connectivity index (χ2v) is 8.22. The number of halogens is 1. The van der Waals surface area contributed by atoms with Gasteiger partial charge in [-0.1, -0.05) is 36.8 Å². The molecular formula is C24H37IN6O2. The minimum Gasteiger partial charge on any atom is -0.439 e. The lowest BCUT2D eigenvalue weighted by atomic mass is 10.1. The summed E-state index contributed by atoms with van der Waals surface area (Å²) in [5.41, 5.74) is 2.23. The van der Waals surface area contributed by atoms with Crippen LogP contribution in [0, 0.1) is 6.92 Å². The molecule has 3 rings (SSSR count). The van der Waals surface area contributed by atoms with Crippen LogP contribution < -0.4 is 16.0 Å². The lowest BCUT2D eigenvalue weighted by Gasteiger charge is -2.32. The zero-order valence-electron chi connectivity index (χ0n) is 19.9. The fourth-order valence-electron chi connectivity index (χ4n) is 3.65. The summed E-state index contributed by atoms with van der Waals surface area (Å²) in [5, 5.41) is 9.77. The third-order valence-electron chi connectivity index (χ3n) is 5.47. The van der Waals surface area contributed by atoms with Gasteiger partial charge in [-0.3, -0.25) is 9.69 Å². The molecule has 0 spiro atoms. The minimum atomic E-state index is 0. The van der Waals surface area contributed by atoms with E-state index in [-0.39, 0.29) is 29.9 Å². The number of benzene rings is 1. The normalized spacial score (nSPS) is 15.1. The van der Waals surface area contributed by atoms with Crippen molar-refractivity contribution in [2.24, 2.45) is 4.99 Å². The molecule has 33 heavy (non-hydrogen) atoms. The Bertz CT molecular complexity index is 875. The third kappa shape index (κ3) is 8.96. The van der Waals surface area contributed by atoms with Crippen LogP contribution in [0.1, 0.15) is 44.6 Å². The fraction of sp³-hybridized carbons (Fsp3) is 0.542. The Labute approximate surface area is 214 Å². The maximum Gasteiger partial charge on any atom is 0.234 e. The number of nitrogens with zero attached hydrogens (tertiary/aromatic N) is 3. The van der Waals surface area contributed by atoms with Crippen LogP contribution >= 0.6 is 24.0 Å². The van der Waals surface area contributed by atoms with Crippen molar-refractivity contribution >= 4 is 35.8 Å². The minimum absolute atomic E-state index is 0. The van der Waals surface area contributed by atoms with Gasteiger partial charge in [-0.15, -0.1) is 24.0 Å². The summed E-state index contributed by atoms with van der Waals surface area (Å²) in [7, 11) is 0. The zero-order chi connectivity index (χ0) is 22.8. The van der Waals surface area contributed by atoms with Gasteiger partial charge in [0.05, 0.1) is 12.7 Å². The SMILES string of the molecule is CCCNC(=O)CN1CCC(NC(=NCc2ncc(-c3ccc(C)cc3)o2)NCC)CC1.I. The number of hydrogen-bond acceptors (Lipinski definition) is 5. The number of aliphatic imine (C=N–C) groups is 1. The number of rotatable bonds is 9. The smallest absolute Gasteiger partial charge is 0.234 e. The number of guanidine groups is 1. The van der Waals surface area contributed by atoms with E-state index < -0.39 is 0 Å². The molecule has 0 unspecified atom stereocenters. The summed E-state index contributed by atoms with van der Waals surface area (Å²) >= 11 is 0. The van der Waals surface area contributed by atoms with Gasteiger partial charge in [-0.2, -0.15) is 0 Å². The van der Waals surface area contributed by atoms with Gasteiger partial charge in [0.1, 0.15) is 6.54 Å². The topological polar surface area (TPSA) is 94.8 Å². The Morgan fingerprint density at radius 1 is 1.18 bits per heavy atom. The van der Waals surface area contributed by atoms with Crippen LogP contribution in [0.25, 0.3) is 11.3 Å². The number of amides is 1. The number of carbonyl (C=O) groups is 1. The van der Waals surface area contributed by atoms with Crippen LogP contribution in [0.5, 0.6) is 0 Å². The second kappa shape index (κ2) is 14.2. The molecule has 1 aromatic carbocycles. The Morgan fingerprint density at radius 3 is 2.58 bits per heavy atom. The molecule has 0 saturated carbocycles. The van der Waals surface area contributed by atoms with E-state index >= 15 is 0 Å². The summed E-state index contributed by atoms with van der Waals surface area (Å²) in [4.78, 5) is 23.2. The highest BCUT2D eigenvalue weighted by Gasteiger charge is 2.21. The van der Waals surface area contributed by atoms with Gasteiger partial charge in [0.25, 0.3) is 0 Å². The number of aryl methyl sites for hydroxylation is 1. The predicted molar refractivity (Wildman–Crippen MR) is 143 cm³/mol. The summed E-state index contributed by atoms with van der Waals surface area (Å²) in [5.74, 6) is 2.22. The van der Waals surface area contributed by atoms with Crippen molar-refractivity contribution in [1.29, 1.82) is 0 Å². The number of nitrogens with one attached hydrogen (secondary N) is 3. The Hall–Kier alpha value is -2.14. The molecule has 0 radical (unpaired) electrons. The van der Waals surface area contributed by atoms with Crippen molar-refractivity contribution in [2.45, 2.75) is 52.6 Å². The van der Waals surface area contributed by atoms with Crippen molar-refractivity contribution in [2.75, 3.05) is 32.7 Å². The number of carbonyl (C=O) groups excluding carboxylic acids is 1. The van der Waals surface area contributed by atoms with Gasteiger partial charge < -0.3 is 20.4 Å². The highest BCUT2D eigenvalue weighted by Crippen LogP contribution is 2.21. The highest BCUT2D eigenvalue weighted by molar-refractivity contribution is 14.0. The zero-order valence-corrected chi connectivity index (χ0v) is 22.2. The molecule has 9 heteroatoms. The van der Waals surface area contributed by atoms with Crippen molar-refractivity contribution < 1.29 is 9.21 Å². The molecule has 1 fully saturated rings. The lowest BCUT2D eigenvalue weighted by molar-refractivity contribution is -0.122. The summed E-state index contributed by atoms with van der Waals surface area (Å²) in [6, 6.07) is 8.52. The number of oxazole rings is 1. The van der Waals surface area contributed by atoms with Crippen molar-refractivity contribution in [1.82, 2.24) is 25.8 Å².